The summed E-state index contributed by atoms with van der Waals surface area (Å²) in [4.78, 5) is 2.59. The number of aliphatic hydroxyl groups excluding tert-OH is 1. The lowest BCUT2D eigenvalue weighted by Gasteiger charge is -1.99. The highest BCUT2D eigenvalue weighted by molar-refractivity contribution is 5.49. The van der Waals surface area contributed by atoms with Crippen LogP contribution in [0.1, 0.15) is 5.56 Å². The van der Waals surface area contributed by atoms with Gasteiger partial charge in [0.25, 0.3) is 0 Å². The van der Waals surface area contributed by atoms with Crippen LogP contribution >= 0.6 is 0 Å². The number of azide groups is 1. The molecule has 1 N–H and O–H groups in total. The highest BCUT2D eigenvalue weighted by atomic mass is 19.1. The van der Waals surface area contributed by atoms with E-state index in [9.17, 15) is 4.39 Å². The van der Waals surface area contributed by atoms with E-state index in [0.29, 0.717) is 0 Å². The molecule has 0 fully saturated rings. The number of nitrogens with zero attached hydrogens (tertiary/aromatic N) is 3. The predicted octanol–water partition coefficient (Wildman–Crippen LogP) is 2.51. The fourth-order valence-electron chi connectivity index (χ4n) is 0.998. The number of aliphatic hydroxyl groups is 1. The van der Waals surface area contributed by atoms with Crippen molar-refractivity contribution in [1.82, 2.24) is 0 Å². The first-order chi connectivity index (χ1) is 7.26. The number of rotatable bonds is 4. The maximum absolute atomic E-state index is 12.5. The Balaban J connectivity index is 2.71. The zero-order valence-electron chi connectivity index (χ0n) is 7.92. The molecule has 0 aliphatic carbocycles. The Labute approximate surface area is 86.3 Å². The second-order valence-electron chi connectivity index (χ2n) is 2.87. The summed E-state index contributed by atoms with van der Waals surface area (Å²) in [5.41, 5.74) is 8.95. The molecule has 4 nitrogen and oxygen atoms in total. The van der Waals surface area contributed by atoms with Crippen molar-refractivity contribution in [3.63, 3.8) is 0 Å². The summed E-state index contributed by atoms with van der Waals surface area (Å²) in [6.07, 6.45) is 3.22. The van der Waals surface area contributed by atoms with Crippen LogP contribution in [-0.2, 0) is 0 Å². The fourth-order valence-corrected chi connectivity index (χ4v) is 0.998. The van der Waals surface area contributed by atoms with Gasteiger partial charge in [-0.15, -0.1) is 0 Å². The number of halogens is 1. The smallest absolute Gasteiger partial charge is 0.123 e. The minimum atomic E-state index is -0.583. The zero-order valence-corrected chi connectivity index (χ0v) is 7.92. The van der Waals surface area contributed by atoms with Gasteiger partial charge < -0.3 is 5.11 Å². The van der Waals surface area contributed by atoms with Gasteiger partial charge in [0.1, 0.15) is 5.82 Å². The molecule has 0 saturated heterocycles. The lowest BCUT2D eigenvalue weighted by molar-refractivity contribution is 0.284. The average Bonchev–Trinajstić information content (AvgIpc) is 2.26. The Morgan fingerprint density at radius 3 is 2.67 bits per heavy atom. The van der Waals surface area contributed by atoms with Crippen LogP contribution in [0.25, 0.3) is 16.5 Å². The van der Waals surface area contributed by atoms with Crippen molar-refractivity contribution in [2.45, 2.75) is 6.04 Å². The quantitative estimate of drug-likeness (QED) is 0.460. The van der Waals surface area contributed by atoms with Crippen LogP contribution in [0.4, 0.5) is 4.39 Å². The molecule has 0 saturated carbocycles. The van der Waals surface area contributed by atoms with Crippen LogP contribution in [0, 0.1) is 5.82 Å². The van der Waals surface area contributed by atoms with Crippen LogP contribution in [0.5, 0.6) is 0 Å². The molecule has 0 heterocycles. The van der Waals surface area contributed by atoms with E-state index in [2.05, 4.69) is 10.0 Å². The minimum Gasteiger partial charge on any atom is -0.396 e. The molecular formula is C10H10FN3O. The third-order valence-electron chi connectivity index (χ3n) is 1.77. The largest absolute Gasteiger partial charge is 0.396 e. The van der Waals surface area contributed by atoms with E-state index in [4.69, 9.17) is 10.6 Å². The topological polar surface area (TPSA) is 69.0 Å². The molecule has 0 bridgehead atoms. The molecule has 0 spiro atoms. The summed E-state index contributed by atoms with van der Waals surface area (Å²) < 4.78 is 12.5. The van der Waals surface area contributed by atoms with Gasteiger partial charge in [0.2, 0.25) is 0 Å². The van der Waals surface area contributed by atoms with E-state index < -0.39 is 6.04 Å². The van der Waals surface area contributed by atoms with E-state index in [1.807, 2.05) is 0 Å². The van der Waals surface area contributed by atoms with Gasteiger partial charge in [-0.25, -0.2) is 4.39 Å². The molecule has 78 valence electrons. The van der Waals surface area contributed by atoms with Crippen molar-refractivity contribution in [1.29, 1.82) is 0 Å². The fraction of sp³-hybridized carbons (Fsp3) is 0.200. The van der Waals surface area contributed by atoms with Gasteiger partial charge >= 0.3 is 0 Å². The molecule has 0 aromatic heterocycles. The maximum Gasteiger partial charge on any atom is 0.123 e. The first-order valence-electron chi connectivity index (χ1n) is 4.35. The van der Waals surface area contributed by atoms with E-state index in [0.717, 1.165) is 5.56 Å². The molecule has 5 heteroatoms. The van der Waals surface area contributed by atoms with Gasteiger partial charge in [-0.3, -0.25) is 0 Å². The molecule has 1 atom stereocenters. The van der Waals surface area contributed by atoms with E-state index in [-0.39, 0.29) is 12.4 Å². The van der Waals surface area contributed by atoms with Crippen LogP contribution in [0.2, 0.25) is 0 Å². The van der Waals surface area contributed by atoms with Crippen LogP contribution in [0.15, 0.2) is 35.5 Å². The lowest BCUT2D eigenvalue weighted by atomic mass is 10.2. The summed E-state index contributed by atoms with van der Waals surface area (Å²) in [6.45, 7) is -0.248. The summed E-state index contributed by atoms with van der Waals surface area (Å²) in [5.74, 6) is -0.305. The average molecular weight is 207 g/mol. The van der Waals surface area contributed by atoms with Crippen molar-refractivity contribution in [3.8, 4) is 0 Å². The molecule has 1 aromatic carbocycles. The second-order valence-corrected chi connectivity index (χ2v) is 2.87. The van der Waals surface area contributed by atoms with Gasteiger partial charge in [0.15, 0.2) is 0 Å². The van der Waals surface area contributed by atoms with Crippen molar-refractivity contribution in [2.24, 2.45) is 5.11 Å². The van der Waals surface area contributed by atoms with Crippen molar-refractivity contribution < 1.29 is 9.50 Å². The highest BCUT2D eigenvalue weighted by Crippen LogP contribution is 2.06. The van der Waals surface area contributed by atoms with Crippen molar-refractivity contribution >= 4 is 6.08 Å². The number of hydrogen-bond acceptors (Lipinski definition) is 2. The number of benzene rings is 1. The zero-order chi connectivity index (χ0) is 11.1. The first-order valence-corrected chi connectivity index (χ1v) is 4.35. The molecule has 15 heavy (non-hydrogen) atoms. The van der Waals surface area contributed by atoms with Gasteiger partial charge in [0.05, 0.1) is 12.6 Å². The Morgan fingerprint density at radius 1 is 1.47 bits per heavy atom. The third-order valence-corrected chi connectivity index (χ3v) is 1.77. The van der Waals surface area contributed by atoms with Gasteiger partial charge in [-0.05, 0) is 23.2 Å². The molecule has 1 unspecified atom stereocenters. The monoisotopic (exact) mass is 207 g/mol. The van der Waals surface area contributed by atoms with Gasteiger partial charge in [-0.2, -0.15) is 0 Å². The number of hydrogen-bond donors (Lipinski definition) is 1. The Bertz CT molecular complexity index is 382. The molecule has 0 radical (unpaired) electrons. The highest BCUT2D eigenvalue weighted by Gasteiger charge is 1.97. The standard InChI is InChI=1S/C10H10FN3O/c11-9-4-1-8(2-5-9)3-6-10(7-15)13-14-12/h1-6,10,15H,7H2/b6-3+. The van der Waals surface area contributed by atoms with Gasteiger partial charge in [-0.1, -0.05) is 29.4 Å². The minimum absolute atomic E-state index is 0.248. The Hall–Kier alpha value is -1.84. The predicted molar refractivity (Wildman–Crippen MR) is 55.5 cm³/mol. The molecule has 0 aliphatic heterocycles. The van der Waals surface area contributed by atoms with Crippen molar-refractivity contribution in [3.05, 3.63) is 52.2 Å². The normalized spacial score (nSPS) is 12.4. The van der Waals surface area contributed by atoms with E-state index in [1.54, 1.807) is 24.3 Å². The first kappa shape index (κ1) is 11.2. The van der Waals surface area contributed by atoms with E-state index in [1.165, 1.54) is 12.1 Å². The summed E-state index contributed by atoms with van der Waals surface area (Å²) in [7, 11) is 0. The molecule has 0 aliphatic rings. The van der Waals surface area contributed by atoms with E-state index >= 15 is 0 Å². The molecular weight excluding hydrogens is 197 g/mol. The lowest BCUT2D eigenvalue weighted by Crippen LogP contribution is -2.04. The second kappa shape index (κ2) is 5.80. The van der Waals surface area contributed by atoms with Crippen LogP contribution < -0.4 is 0 Å². The van der Waals surface area contributed by atoms with Crippen molar-refractivity contribution in [2.75, 3.05) is 6.61 Å². The summed E-state index contributed by atoms with van der Waals surface area (Å²) >= 11 is 0. The Morgan fingerprint density at radius 2 is 2.13 bits per heavy atom. The van der Waals surface area contributed by atoms with Crippen LogP contribution in [0.3, 0.4) is 0 Å². The molecule has 1 rings (SSSR count). The summed E-state index contributed by atoms with van der Waals surface area (Å²) in [5, 5.41) is 12.1. The Kier molecular flexibility index (Phi) is 4.34. The maximum atomic E-state index is 12.5. The third kappa shape index (κ3) is 3.81. The summed E-state index contributed by atoms with van der Waals surface area (Å²) in [6, 6.07) is 5.27. The molecule has 1 aromatic rings. The van der Waals surface area contributed by atoms with Crippen LogP contribution in [-0.4, -0.2) is 17.8 Å². The molecule has 0 amide bonds. The van der Waals surface area contributed by atoms with Gasteiger partial charge in [0, 0.05) is 4.91 Å². The SMILES string of the molecule is [N-]=[N+]=NC(/C=C/c1ccc(F)cc1)CO.